The van der Waals surface area contributed by atoms with Gasteiger partial charge in [-0.05, 0) is 49.8 Å². The van der Waals surface area contributed by atoms with E-state index in [1.54, 1.807) is 0 Å². The number of nitrogens with one attached hydrogen (secondary N) is 2. The van der Waals surface area contributed by atoms with Crippen molar-refractivity contribution in [3.05, 3.63) is 29.8 Å². The van der Waals surface area contributed by atoms with Crippen LogP contribution in [0.4, 0.5) is 0 Å². The average Bonchev–Trinajstić information content (AvgIpc) is 3.45. The lowest BCUT2D eigenvalue weighted by molar-refractivity contribution is -0.123. The molecule has 4 N–H and O–H groups in total. The van der Waals surface area contributed by atoms with Crippen molar-refractivity contribution in [3.8, 4) is 5.75 Å². The summed E-state index contributed by atoms with van der Waals surface area (Å²) in [6, 6.07) is 7.91. The Bertz CT molecular complexity index is 577. The first-order chi connectivity index (χ1) is 11.0. The van der Waals surface area contributed by atoms with Crippen LogP contribution < -0.4 is 21.1 Å². The molecule has 2 amide bonds. The van der Waals surface area contributed by atoms with E-state index >= 15 is 0 Å². The molecule has 0 aromatic heterocycles. The van der Waals surface area contributed by atoms with Gasteiger partial charge in [0.2, 0.25) is 5.91 Å². The zero-order valence-electron chi connectivity index (χ0n) is 13.1. The van der Waals surface area contributed by atoms with Crippen molar-refractivity contribution >= 4 is 11.8 Å². The standard InChI is InChI=1S/C17H23N3O3/c18-17(8-9-17)16(22)19-10-7-12-1-5-14(6-2-12)23-11-15(21)20-13-3-4-13/h1-2,5-6,13H,3-4,7-11,18H2,(H,19,22)(H,20,21). The smallest absolute Gasteiger partial charge is 0.258 e. The third-order valence-corrected chi connectivity index (χ3v) is 4.18. The quantitative estimate of drug-likeness (QED) is 0.650. The Morgan fingerprint density at radius 2 is 1.91 bits per heavy atom. The van der Waals surface area contributed by atoms with Gasteiger partial charge in [-0.2, -0.15) is 0 Å². The van der Waals surface area contributed by atoms with Gasteiger partial charge in [0.05, 0.1) is 5.54 Å². The molecule has 0 bridgehead atoms. The zero-order valence-corrected chi connectivity index (χ0v) is 13.1. The highest BCUT2D eigenvalue weighted by atomic mass is 16.5. The summed E-state index contributed by atoms with van der Waals surface area (Å²) in [4.78, 5) is 23.2. The van der Waals surface area contributed by atoms with E-state index < -0.39 is 5.54 Å². The molecule has 2 aliphatic rings. The molecule has 2 saturated carbocycles. The molecule has 0 spiro atoms. The highest BCUT2D eigenvalue weighted by molar-refractivity contribution is 5.88. The average molecular weight is 317 g/mol. The van der Waals surface area contributed by atoms with Gasteiger partial charge < -0.3 is 21.1 Å². The summed E-state index contributed by atoms with van der Waals surface area (Å²) in [5, 5.41) is 5.74. The van der Waals surface area contributed by atoms with Gasteiger partial charge in [0.25, 0.3) is 5.91 Å². The predicted molar refractivity (Wildman–Crippen MR) is 86.0 cm³/mol. The molecule has 6 heteroatoms. The molecule has 2 fully saturated rings. The minimum Gasteiger partial charge on any atom is -0.484 e. The van der Waals surface area contributed by atoms with Crippen molar-refractivity contribution in [1.29, 1.82) is 0 Å². The molecule has 1 aromatic rings. The highest BCUT2D eigenvalue weighted by Gasteiger charge is 2.45. The van der Waals surface area contributed by atoms with E-state index in [-0.39, 0.29) is 18.4 Å². The summed E-state index contributed by atoms with van der Waals surface area (Å²) in [6.07, 6.45) is 4.44. The van der Waals surface area contributed by atoms with E-state index in [1.807, 2.05) is 24.3 Å². The lowest BCUT2D eigenvalue weighted by Gasteiger charge is -2.10. The molecule has 6 nitrogen and oxygen atoms in total. The van der Waals surface area contributed by atoms with Crippen molar-refractivity contribution < 1.29 is 14.3 Å². The van der Waals surface area contributed by atoms with Gasteiger partial charge in [0.15, 0.2) is 6.61 Å². The van der Waals surface area contributed by atoms with E-state index in [0.717, 1.165) is 37.7 Å². The zero-order chi connectivity index (χ0) is 16.3. The van der Waals surface area contributed by atoms with E-state index in [9.17, 15) is 9.59 Å². The van der Waals surface area contributed by atoms with Crippen molar-refractivity contribution in [2.75, 3.05) is 13.2 Å². The molecular weight excluding hydrogens is 294 g/mol. The summed E-state index contributed by atoms with van der Waals surface area (Å²) < 4.78 is 5.45. The fourth-order valence-corrected chi connectivity index (χ4v) is 2.26. The lowest BCUT2D eigenvalue weighted by Crippen LogP contribution is -2.43. The molecule has 0 atom stereocenters. The maximum absolute atomic E-state index is 11.7. The largest absolute Gasteiger partial charge is 0.484 e. The Labute approximate surface area is 135 Å². The third-order valence-electron chi connectivity index (χ3n) is 4.18. The van der Waals surface area contributed by atoms with Crippen LogP contribution in [0.5, 0.6) is 5.75 Å². The molecule has 2 aliphatic carbocycles. The number of nitrogens with two attached hydrogens (primary N) is 1. The summed E-state index contributed by atoms with van der Waals surface area (Å²) in [6.45, 7) is 0.617. The van der Waals surface area contributed by atoms with Crippen LogP contribution in [0.1, 0.15) is 31.2 Å². The maximum atomic E-state index is 11.7. The van der Waals surface area contributed by atoms with Crippen LogP contribution in [-0.4, -0.2) is 36.5 Å². The second-order valence-corrected chi connectivity index (χ2v) is 6.44. The molecule has 0 radical (unpaired) electrons. The molecule has 0 saturated heterocycles. The Balaban J connectivity index is 1.36. The molecule has 0 heterocycles. The topological polar surface area (TPSA) is 93.5 Å². The van der Waals surface area contributed by atoms with Crippen molar-refractivity contribution in [1.82, 2.24) is 10.6 Å². The van der Waals surface area contributed by atoms with Gasteiger partial charge in [0, 0.05) is 12.6 Å². The Hall–Kier alpha value is -2.08. The second-order valence-electron chi connectivity index (χ2n) is 6.44. The Morgan fingerprint density at radius 1 is 1.22 bits per heavy atom. The normalized spacial score (nSPS) is 18.1. The van der Waals surface area contributed by atoms with Crippen LogP contribution in [0.2, 0.25) is 0 Å². The highest BCUT2D eigenvalue weighted by Crippen LogP contribution is 2.31. The number of rotatable bonds is 8. The number of amides is 2. The van der Waals surface area contributed by atoms with E-state index in [1.165, 1.54) is 0 Å². The lowest BCUT2D eigenvalue weighted by atomic mass is 10.1. The van der Waals surface area contributed by atoms with Crippen LogP contribution in [-0.2, 0) is 16.0 Å². The maximum Gasteiger partial charge on any atom is 0.258 e. The van der Waals surface area contributed by atoms with Crippen LogP contribution >= 0.6 is 0 Å². The van der Waals surface area contributed by atoms with Gasteiger partial charge in [-0.3, -0.25) is 9.59 Å². The van der Waals surface area contributed by atoms with Crippen LogP contribution in [0.25, 0.3) is 0 Å². The van der Waals surface area contributed by atoms with E-state index in [2.05, 4.69) is 10.6 Å². The molecule has 0 aliphatic heterocycles. The first-order valence-corrected chi connectivity index (χ1v) is 8.13. The first kappa shape index (κ1) is 15.8. The van der Waals surface area contributed by atoms with Crippen LogP contribution in [0.15, 0.2) is 24.3 Å². The fraction of sp³-hybridized carbons (Fsp3) is 0.529. The fourth-order valence-electron chi connectivity index (χ4n) is 2.26. The van der Waals surface area contributed by atoms with Crippen LogP contribution in [0.3, 0.4) is 0 Å². The summed E-state index contributed by atoms with van der Waals surface area (Å²) in [5.41, 5.74) is 6.31. The minimum absolute atomic E-state index is 0.0461. The van der Waals surface area contributed by atoms with Gasteiger partial charge in [-0.15, -0.1) is 0 Å². The minimum atomic E-state index is -0.612. The Kier molecular flexibility index (Phi) is 4.52. The SMILES string of the molecule is NC1(C(=O)NCCc2ccc(OCC(=O)NC3CC3)cc2)CC1. The van der Waals surface area contributed by atoms with E-state index in [4.69, 9.17) is 10.5 Å². The number of hydrogen-bond acceptors (Lipinski definition) is 4. The van der Waals surface area contributed by atoms with E-state index in [0.29, 0.717) is 18.3 Å². The molecular formula is C17H23N3O3. The van der Waals surface area contributed by atoms with Crippen molar-refractivity contribution in [3.63, 3.8) is 0 Å². The first-order valence-electron chi connectivity index (χ1n) is 8.13. The van der Waals surface area contributed by atoms with Crippen molar-refractivity contribution in [2.45, 2.75) is 43.7 Å². The number of hydrogen-bond donors (Lipinski definition) is 3. The summed E-state index contributed by atoms with van der Waals surface area (Å²) in [7, 11) is 0. The molecule has 124 valence electrons. The predicted octanol–water partition coefficient (Wildman–Crippen LogP) is 0.494. The van der Waals surface area contributed by atoms with Crippen LogP contribution in [0, 0.1) is 0 Å². The van der Waals surface area contributed by atoms with Gasteiger partial charge >= 0.3 is 0 Å². The number of carbonyl (C=O) groups is 2. The van der Waals surface area contributed by atoms with Gasteiger partial charge in [-0.1, -0.05) is 12.1 Å². The molecule has 3 rings (SSSR count). The number of ether oxygens (including phenoxy) is 1. The van der Waals surface area contributed by atoms with Gasteiger partial charge in [-0.25, -0.2) is 0 Å². The van der Waals surface area contributed by atoms with Crippen molar-refractivity contribution in [2.24, 2.45) is 5.73 Å². The second kappa shape index (κ2) is 6.58. The third kappa shape index (κ3) is 4.69. The molecule has 23 heavy (non-hydrogen) atoms. The Morgan fingerprint density at radius 3 is 2.52 bits per heavy atom. The molecule has 0 unspecified atom stereocenters. The van der Waals surface area contributed by atoms with Gasteiger partial charge in [0.1, 0.15) is 5.75 Å². The summed E-state index contributed by atoms with van der Waals surface area (Å²) in [5.74, 6) is 0.539. The number of benzene rings is 1. The summed E-state index contributed by atoms with van der Waals surface area (Å²) >= 11 is 0. The monoisotopic (exact) mass is 317 g/mol. The molecule has 1 aromatic carbocycles. The number of carbonyl (C=O) groups excluding carboxylic acids is 2.